The van der Waals surface area contributed by atoms with Crippen LogP contribution in [-0.4, -0.2) is 6.54 Å². The summed E-state index contributed by atoms with van der Waals surface area (Å²) in [7, 11) is 0. The molecule has 0 aliphatic rings. The summed E-state index contributed by atoms with van der Waals surface area (Å²) < 4.78 is 1.31. The summed E-state index contributed by atoms with van der Waals surface area (Å²) in [5.74, 6) is 0.795. The fourth-order valence-corrected chi connectivity index (χ4v) is 2.72. The number of benzene rings is 1. The molecule has 2 heteroatoms. The third-order valence-electron chi connectivity index (χ3n) is 3.33. The lowest BCUT2D eigenvalue weighted by molar-refractivity contribution is 0.390. The first-order chi connectivity index (χ1) is 8.67. The van der Waals surface area contributed by atoms with Crippen molar-refractivity contribution in [2.24, 2.45) is 5.92 Å². The lowest BCUT2D eigenvalue weighted by Gasteiger charge is -2.22. The maximum Gasteiger partial charge on any atom is 0.0322 e. The highest BCUT2D eigenvalue weighted by molar-refractivity contribution is 14.1. The molecule has 0 aliphatic heterocycles. The van der Waals surface area contributed by atoms with Crippen LogP contribution in [0.3, 0.4) is 0 Å². The number of halogens is 1. The monoisotopic (exact) mass is 359 g/mol. The van der Waals surface area contributed by atoms with E-state index in [-0.39, 0.29) is 0 Å². The minimum atomic E-state index is 0.517. The maximum atomic E-state index is 3.69. The molecule has 0 spiro atoms. The van der Waals surface area contributed by atoms with E-state index in [0.717, 1.165) is 12.5 Å². The van der Waals surface area contributed by atoms with Gasteiger partial charge in [0.1, 0.15) is 0 Å². The largest absolute Gasteiger partial charge is 0.310 e. The molecule has 0 radical (unpaired) electrons. The highest BCUT2D eigenvalue weighted by Crippen LogP contribution is 2.24. The molecule has 0 bridgehead atoms. The standard InChI is InChI=1S/C16H26IN/c1-4-6-13(3)12-16(18-11-5-2)14-7-9-15(17)10-8-14/h7-10,13,16,18H,4-6,11-12H2,1-3H3. The van der Waals surface area contributed by atoms with Crippen LogP contribution in [0.1, 0.15) is 58.1 Å². The fraction of sp³-hybridized carbons (Fsp3) is 0.625. The van der Waals surface area contributed by atoms with Gasteiger partial charge in [0.25, 0.3) is 0 Å². The molecule has 1 N–H and O–H groups in total. The molecule has 18 heavy (non-hydrogen) atoms. The lowest BCUT2D eigenvalue weighted by Crippen LogP contribution is -2.24. The van der Waals surface area contributed by atoms with E-state index >= 15 is 0 Å². The Labute approximate surface area is 126 Å². The molecule has 0 saturated carbocycles. The molecule has 0 fully saturated rings. The minimum Gasteiger partial charge on any atom is -0.310 e. The van der Waals surface area contributed by atoms with E-state index in [2.05, 4.69) is 72.9 Å². The average molecular weight is 359 g/mol. The number of hydrogen-bond acceptors (Lipinski definition) is 1. The van der Waals surface area contributed by atoms with Crippen LogP contribution in [0.5, 0.6) is 0 Å². The molecule has 1 nitrogen and oxygen atoms in total. The molecule has 1 rings (SSSR count). The van der Waals surface area contributed by atoms with Crippen LogP contribution in [0, 0.1) is 9.49 Å². The predicted octanol–water partition coefficient (Wildman–Crippen LogP) is 5.16. The van der Waals surface area contributed by atoms with Crippen molar-refractivity contribution in [2.75, 3.05) is 6.54 Å². The Morgan fingerprint density at radius 2 is 1.78 bits per heavy atom. The summed E-state index contributed by atoms with van der Waals surface area (Å²) in [4.78, 5) is 0. The second kappa shape index (κ2) is 8.92. The Morgan fingerprint density at radius 3 is 2.33 bits per heavy atom. The molecule has 0 saturated heterocycles. The third kappa shape index (κ3) is 5.70. The zero-order valence-corrected chi connectivity index (χ0v) is 14.0. The molecule has 0 heterocycles. The van der Waals surface area contributed by atoms with E-state index in [1.807, 2.05) is 0 Å². The molecule has 0 aromatic heterocycles. The maximum absolute atomic E-state index is 3.69. The summed E-state index contributed by atoms with van der Waals surface area (Å²) in [6.45, 7) is 7.98. The molecule has 0 aliphatic carbocycles. The van der Waals surface area contributed by atoms with Crippen LogP contribution >= 0.6 is 22.6 Å². The first-order valence-corrected chi connectivity index (χ1v) is 8.24. The van der Waals surface area contributed by atoms with Crippen LogP contribution in [0.4, 0.5) is 0 Å². The summed E-state index contributed by atoms with van der Waals surface area (Å²) in [5, 5.41) is 3.69. The molecular weight excluding hydrogens is 333 g/mol. The molecule has 2 unspecified atom stereocenters. The number of nitrogens with one attached hydrogen (secondary N) is 1. The van der Waals surface area contributed by atoms with Crippen LogP contribution in [-0.2, 0) is 0 Å². The van der Waals surface area contributed by atoms with Crippen molar-refractivity contribution in [1.29, 1.82) is 0 Å². The second-order valence-corrected chi connectivity index (χ2v) is 6.43. The van der Waals surface area contributed by atoms with Crippen molar-refractivity contribution < 1.29 is 0 Å². The number of hydrogen-bond donors (Lipinski definition) is 1. The van der Waals surface area contributed by atoms with Crippen molar-refractivity contribution in [3.05, 3.63) is 33.4 Å². The highest BCUT2D eigenvalue weighted by atomic mass is 127. The average Bonchev–Trinajstić information content (AvgIpc) is 2.36. The first-order valence-electron chi connectivity index (χ1n) is 7.16. The van der Waals surface area contributed by atoms with Crippen molar-refractivity contribution in [3.8, 4) is 0 Å². The van der Waals surface area contributed by atoms with Gasteiger partial charge in [-0.25, -0.2) is 0 Å². The number of rotatable bonds is 8. The Morgan fingerprint density at radius 1 is 1.11 bits per heavy atom. The first kappa shape index (κ1) is 16.0. The van der Waals surface area contributed by atoms with E-state index in [4.69, 9.17) is 0 Å². The molecule has 0 amide bonds. The van der Waals surface area contributed by atoms with E-state index in [9.17, 15) is 0 Å². The van der Waals surface area contributed by atoms with Gasteiger partial charge in [-0.05, 0) is 65.6 Å². The second-order valence-electron chi connectivity index (χ2n) is 5.19. The quantitative estimate of drug-likeness (QED) is 0.633. The van der Waals surface area contributed by atoms with Gasteiger partial charge in [0.05, 0.1) is 0 Å². The summed E-state index contributed by atoms with van der Waals surface area (Å²) >= 11 is 2.37. The smallest absolute Gasteiger partial charge is 0.0322 e. The zero-order valence-electron chi connectivity index (χ0n) is 11.9. The molecule has 1 aromatic carbocycles. The van der Waals surface area contributed by atoms with E-state index < -0.39 is 0 Å². The van der Waals surface area contributed by atoms with Crippen molar-refractivity contribution in [2.45, 2.75) is 52.5 Å². The van der Waals surface area contributed by atoms with Gasteiger partial charge in [0.15, 0.2) is 0 Å². The molecule has 102 valence electrons. The SMILES string of the molecule is CCCNC(CC(C)CCC)c1ccc(I)cc1. The summed E-state index contributed by atoms with van der Waals surface area (Å²) in [6, 6.07) is 9.48. The highest BCUT2D eigenvalue weighted by Gasteiger charge is 2.14. The normalized spacial score (nSPS) is 14.4. The lowest BCUT2D eigenvalue weighted by atomic mass is 9.93. The van der Waals surface area contributed by atoms with Crippen LogP contribution in [0.15, 0.2) is 24.3 Å². The zero-order chi connectivity index (χ0) is 13.4. The summed E-state index contributed by atoms with van der Waals surface area (Å²) in [5.41, 5.74) is 1.44. The van der Waals surface area contributed by atoms with Crippen LogP contribution in [0.2, 0.25) is 0 Å². The van der Waals surface area contributed by atoms with Gasteiger partial charge in [0, 0.05) is 9.61 Å². The van der Waals surface area contributed by atoms with Gasteiger partial charge in [-0.3, -0.25) is 0 Å². The van der Waals surface area contributed by atoms with E-state index in [1.165, 1.54) is 34.8 Å². The third-order valence-corrected chi connectivity index (χ3v) is 4.05. The predicted molar refractivity (Wildman–Crippen MR) is 88.9 cm³/mol. The topological polar surface area (TPSA) is 12.0 Å². The van der Waals surface area contributed by atoms with Crippen molar-refractivity contribution in [1.82, 2.24) is 5.32 Å². The van der Waals surface area contributed by atoms with E-state index in [1.54, 1.807) is 0 Å². The minimum absolute atomic E-state index is 0.517. The molecule has 1 aromatic rings. The Hall–Kier alpha value is -0.0900. The Balaban J connectivity index is 2.67. The Kier molecular flexibility index (Phi) is 7.91. The van der Waals surface area contributed by atoms with Gasteiger partial charge in [0.2, 0.25) is 0 Å². The van der Waals surface area contributed by atoms with E-state index in [0.29, 0.717) is 6.04 Å². The fourth-order valence-electron chi connectivity index (χ4n) is 2.36. The summed E-state index contributed by atoms with van der Waals surface area (Å²) in [6.07, 6.45) is 5.06. The van der Waals surface area contributed by atoms with Crippen molar-refractivity contribution in [3.63, 3.8) is 0 Å². The van der Waals surface area contributed by atoms with Crippen LogP contribution < -0.4 is 5.32 Å². The van der Waals surface area contributed by atoms with Gasteiger partial charge in [-0.2, -0.15) is 0 Å². The Bertz CT molecular complexity index is 320. The van der Waals surface area contributed by atoms with Crippen molar-refractivity contribution >= 4 is 22.6 Å². The van der Waals surface area contributed by atoms with Gasteiger partial charge < -0.3 is 5.32 Å². The molecule has 2 atom stereocenters. The van der Waals surface area contributed by atoms with Gasteiger partial charge in [-0.1, -0.05) is 45.7 Å². The molecular formula is C16H26IN. The van der Waals surface area contributed by atoms with Gasteiger partial charge in [-0.15, -0.1) is 0 Å². The van der Waals surface area contributed by atoms with Gasteiger partial charge >= 0.3 is 0 Å². The van der Waals surface area contributed by atoms with Crippen LogP contribution in [0.25, 0.3) is 0 Å².